The molecule has 0 aliphatic heterocycles. The fraction of sp³-hybridized carbons (Fsp3) is 0.235. The van der Waals surface area contributed by atoms with Crippen LogP contribution in [0, 0.1) is 0 Å². The van der Waals surface area contributed by atoms with Crippen LogP contribution in [0.25, 0.3) is 0 Å². The monoisotopic (exact) mass is 286 g/mol. The van der Waals surface area contributed by atoms with Crippen molar-refractivity contribution in [1.82, 2.24) is 0 Å². The summed E-state index contributed by atoms with van der Waals surface area (Å²) in [5, 5.41) is 9.18. The highest BCUT2D eigenvalue weighted by atomic mass is 16.5. The Labute approximate surface area is 123 Å². The highest BCUT2D eigenvalue weighted by Gasteiger charge is 2.20. The average molecular weight is 286 g/mol. The third-order valence-electron chi connectivity index (χ3n) is 2.99. The van der Waals surface area contributed by atoms with Crippen molar-refractivity contribution in [2.45, 2.75) is 19.4 Å². The van der Waals surface area contributed by atoms with Crippen LogP contribution in [0.15, 0.2) is 54.6 Å². The Morgan fingerprint density at radius 3 is 2.43 bits per heavy atom. The van der Waals surface area contributed by atoms with Gasteiger partial charge in [0.05, 0.1) is 0 Å². The first-order valence-corrected chi connectivity index (χ1v) is 6.86. The number of benzene rings is 2. The molecule has 0 aliphatic rings. The molecule has 0 aliphatic carbocycles. The van der Waals surface area contributed by atoms with Gasteiger partial charge in [0.1, 0.15) is 11.5 Å². The summed E-state index contributed by atoms with van der Waals surface area (Å²) < 4.78 is 11.1. The molecule has 0 heterocycles. The maximum Gasteiger partial charge on any atom is 0.333 e. The first kappa shape index (κ1) is 15.1. The Hall–Kier alpha value is -2.33. The minimum Gasteiger partial charge on any atom is -0.479 e. The summed E-state index contributed by atoms with van der Waals surface area (Å²) in [6.45, 7) is 2.14. The van der Waals surface area contributed by atoms with Crippen LogP contribution >= 0.6 is 0 Å². The largest absolute Gasteiger partial charge is 0.479 e. The van der Waals surface area contributed by atoms with E-state index in [1.807, 2.05) is 54.6 Å². The highest BCUT2D eigenvalue weighted by Crippen LogP contribution is 2.26. The summed E-state index contributed by atoms with van der Waals surface area (Å²) in [6.07, 6.45) is -0.595. The Morgan fingerprint density at radius 1 is 1.10 bits per heavy atom. The molecule has 2 rings (SSSR count). The van der Waals surface area contributed by atoms with Crippen LogP contribution in [0.1, 0.15) is 12.5 Å². The maximum absolute atomic E-state index is 11.2. The van der Waals surface area contributed by atoms with Crippen LogP contribution in [0.2, 0.25) is 0 Å². The molecule has 110 valence electrons. The number of hydrogen-bond donors (Lipinski definition) is 1. The van der Waals surface area contributed by atoms with Crippen LogP contribution in [0.5, 0.6) is 11.5 Å². The molecule has 1 atom stereocenters. The van der Waals surface area contributed by atoms with Gasteiger partial charge in [-0.3, -0.25) is 0 Å². The number of carboxylic acids is 1. The molecule has 0 aromatic heterocycles. The van der Waals surface area contributed by atoms with Crippen molar-refractivity contribution in [3.05, 3.63) is 60.2 Å². The van der Waals surface area contributed by atoms with Crippen LogP contribution in [0.3, 0.4) is 0 Å². The molecule has 1 N–H and O–H groups in total. The van der Waals surface area contributed by atoms with Crippen LogP contribution < -0.4 is 4.74 Å². The third kappa shape index (κ3) is 4.33. The number of carboxylic acid groups (broad SMARTS) is 1. The zero-order chi connectivity index (χ0) is 15.1. The zero-order valence-electron chi connectivity index (χ0n) is 11.9. The van der Waals surface area contributed by atoms with E-state index in [4.69, 9.17) is 9.47 Å². The predicted octanol–water partition coefficient (Wildman–Crippen LogP) is 3.51. The summed E-state index contributed by atoms with van der Waals surface area (Å²) >= 11 is 0. The van der Waals surface area contributed by atoms with Gasteiger partial charge in [0.15, 0.2) is 6.10 Å². The second kappa shape index (κ2) is 7.45. The predicted molar refractivity (Wildman–Crippen MR) is 79.7 cm³/mol. The van der Waals surface area contributed by atoms with Gasteiger partial charge in [0.2, 0.25) is 0 Å². The average Bonchev–Trinajstić information content (AvgIpc) is 2.49. The number of carbonyl (C=O) groups is 1. The molecule has 0 unspecified atom stereocenters. The highest BCUT2D eigenvalue weighted by molar-refractivity contribution is 5.73. The van der Waals surface area contributed by atoms with Gasteiger partial charge >= 0.3 is 5.97 Å². The number of hydrogen-bond acceptors (Lipinski definition) is 3. The Kier molecular flexibility index (Phi) is 5.35. The molecule has 0 fully saturated rings. The smallest absolute Gasteiger partial charge is 0.333 e. The van der Waals surface area contributed by atoms with Gasteiger partial charge in [-0.25, -0.2) is 4.79 Å². The Bertz CT molecular complexity index is 580. The Balaban J connectivity index is 2.18. The van der Waals surface area contributed by atoms with E-state index in [-0.39, 0.29) is 6.42 Å². The topological polar surface area (TPSA) is 55.8 Å². The molecular formula is C17H18O4. The summed E-state index contributed by atoms with van der Waals surface area (Å²) in [6, 6.07) is 16.8. The van der Waals surface area contributed by atoms with E-state index in [1.165, 1.54) is 0 Å². The van der Waals surface area contributed by atoms with Gasteiger partial charge in [0.25, 0.3) is 0 Å². The number of aliphatic carboxylic acids is 1. The fourth-order valence-electron chi connectivity index (χ4n) is 2.01. The molecule has 4 nitrogen and oxygen atoms in total. The molecule has 2 aromatic rings. The lowest BCUT2D eigenvalue weighted by molar-refractivity contribution is -0.149. The minimum absolute atomic E-state index is 0.270. The number of para-hydroxylation sites is 2. The first-order valence-electron chi connectivity index (χ1n) is 6.86. The van der Waals surface area contributed by atoms with Gasteiger partial charge in [-0.1, -0.05) is 36.4 Å². The zero-order valence-corrected chi connectivity index (χ0v) is 11.9. The Morgan fingerprint density at radius 2 is 1.76 bits per heavy atom. The quantitative estimate of drug-likeness (QED) is 0.846. The van der Waals surface area contributed by atoms with E-state index >= 15 is 0 Å². The van der Waals surface area contributed by atoms with E-state index in [9.17, 15) is 9.90 Å². The van der Waals surface area contributed by atoms with Crippen molar-refractivity contribution in [1.29, 1.82) is 0 Å². The summed E-state index contributed by atoms with van der Waals surface area (Å²) in [5.74, 6) is 0.397. The SMILES string of the molecule is CCO[C@H](Cc1ccccc1Oc1ccccc1)C(=O)O. The molecule has 21 heavy (non-hydrogen) atoms. The molecule has 2 aromatic carbocycles. The van der Waals surface area contributed by atoms with E-state index in [2.05, 4.69) is 0 Å². The van der Waals surface area contributed by atoms with Crippen LogP contribution in [-0.2, 0) is 16.0 Å². The van der Waals surface area contributed by atoms with Crippen LogP contribution in [0.4, 0.5) is 0 Å². The second-order valence-corrected chi connectivity index (χ2v) is 4.51. The molecule has 0 saturated carbocycles. The first-order chi connectivity index (χ1) is 10.2. The van der Waals surface area contributed by atoms with E-state index in [0.29, 0.717) is 18.1 Å². The third-order valence-corrected chi connectivity index (χ3v) is 2.99. The van der Waals surface area contributed by atoms with Crippen molar-refractivity contribution in [2.24, 2.45) is 0 Å². The molecule has 4 heteroatoms. The number of rotatable bonds is 7. The van der Waals surface area contributed by atoms with Gasteiger partial charge in [-0.05, 0) is 30.7 Å². The van der Waals surface area contributed by atoms with Gasteiger partial charge in [0, 0.05) is 13.0 Å². The lowest BCUT2D eigenvalue weighted by Crippen LogP contribution is -2.26. The summed E-state index contributed by atoms with van der Waals surface area (Å²) in [5.41, 5.74) is 0.808. The summed E-state index contributed by atoms with van der Waals surface area (Å²) in [4.78, 5) is 11.2. The van der Waals surface area contributed by atoms with E-state index in [1.54, 1.807) is 6.92 Å². The normalized spacial score (nSPS) is 11.9. The summed E-state index contributed by atoms with van der Waals surface area (Å²) in [7, 11) is 0. The second-order valence-electron chi connectivity index (χ2n) is 4.51. The van der Waals surface area contributed by atoms with E-state index < -0.39 is 12.1 Å². The van der Waals surface area contributed by atoms with E-state index in [0.717, 1.165) is 5.56 Å². The molecular weight excluding hydrogens is 268 g/mol. The standard InChI is InChI=1S/C17H18O4/c1-2-20-16(17(18)19)12-13-8-6-7-11-15(13)21-14-9-4-3-5-10-14/h3-11,16H,2,12H2,1H3,(H,18,19)/t16-/m1/s1. The molecule has 0 bridgehead atoms. The van der Waals surface area contributed by atoms with Crippen molar-refractivity contribution in [2.75, 3.05) is 6.61 Å². The van der Waals surface area contributed by atoms with Gasteiger partial charge < -0.3 is 14.6 Å². The van der Waals surface area contributed by atoms with Crippen LogP contribution in [-0.4, -0.2) is 23.8 Å². The lowest BCUT2D eigenvalue weighted by atomic mass is 10.1. The molecule has 0 spiro atoms. The molecule has 0 amide bonds. The maximum atomic E-state index is 11.2. The molecule has 0 radical (unpaired) electrons. The van der Waals surface area contributed by atoms with Crippen molar-refractivity contribution < 1.29 is 19.4 Å². The fourth-order valence-corrected chi connectivity index (χ4v) is 2.01. The minimum atomic E-state index is -0.966. The number of ether oxygens (including phenoxy) is 2. The van der Waals surface area contributed by atoms with Gasteiger partial charge in [-0.2, -0.15) is 0 Å². The lowest BCUT2D eigenvalue weighted by Gasteiger charge is -2.15. The molecule has 0 saturated heterocycles. The van der Waals surface area contributed by atoms with Crippen molar-refractivity contribution in [3.63, 3.8) is 0 Å². The van der Waals surface area contributed by atoms with Crippen molar-refractivity contribution >= 4 is 5.97 Å². The van der Waals surface area contributed by atoms with Crippen molar-refractivity contribution in [3.8, 4) is 11.5 Å². The van der Waals surface area contributed by atoms with Gasteiger partial charge in [-0.15, -0.1) is 0 Å².